The maximum absolute atomic E-state index is 13.1. The molecule has 0 amide bonds. The fourth-order valence-electron chi connectivity index (χ4n) is 3.38. The van der Waals surface area contributed by atoms with Crippen LogP contribution in [-0.2, 0) is 16.6 Å². The van der Waals surface area contributed by atoms with Crippen molar-refractivity contribution in [3.63, 3.8) is 0 Å². The third kappa shape index (κ3) is 4.00. The highest BCUT2D eigenvalue weighted by molar-refractivity contribution is 7.94. The Balaban J connectivity index is 1.68. The lowest BCUT2D eigenvalue weighted by Gasteiger charge is -2.12. The molecule has 2 aromatic heterocycles. The molecule has 0 aliphatic heterocycles. The van der Waals surface area contributed by atoms with Gasteiger partial charge in [0.1, 0.15) is 4.21 Å². The normalized spacial score (nSPS) is 12.3. The molecule has 152 valence electrons. The van der Waals surface area contributed by atoms with Gasteiger partial charge in [-0.25, -0.2) is 8.42 Å². The van der Waals surface area contributed by atoms with Gasteiger partial charge in [0.25, 0.3) is 10.0 Å². The van der Waals surface area contributed by atoms with Crippen molar-refractivity contribution < 1.29 is 8.42 Å². The minimum Gasteiger partial charge on any atom is -0.346 e. The quantitative estimate of drug-likeness (QED) is 0.443. The molecule has 0 atom stereocenters. The van der Waals surface area contributed by atoms with Crippen molar-refractivity contribution in [2.75, 3.05) is 25.4 Å². The monoisotopic (exact) mass is 447 g/mol. The summed E-state index contributed by atoms with van der Waals surface area (Å²) in [6.07, 6.45) is 2.03. The van der Waals surface area contributed by atoms with Crippen molar-refractivity contribution in [2.45, 2.75) is 17.7 Å². The van der Waals surface area contributed by atoms with Crippen LogP contribution in [0.5, 0.6) is 0 Å². The van der Waals surface area contributed by atoms with Gasteiger partial charge in [-0.3, -0.25) is 4.72 Å². The highest BCUT2D eigenvalue weighted by Crippen LogP contribution is 2.36. The summed E-state index contributed by atoms with van der Waals surface area (Å²) in [6, 6.07) is 13.1. The van der Waals surface area contributed by atoms with E-state index in [1.807, 2.05) is 57.5 Å². The van der Waals surface area contributed by atoms with Gasteiger partial charge >= 0.3 is 0 Å². The summed E-state index contributed by atoms with van der Waals surface area (Å²) in [6.45, 7) is 3.56. The summed E-state index contributed by atoms with van der Waals surface area (Å²) in [5.41, 5.74) is 2.28. The number of fused-ring (bicyclic) bond motifs is 2. The lowest BCUT2D eigenvalue weighted by Crippen LogP contribution is -2.18. The summed E-state index contributed by atoms with van der Waals surface area (Å²) < 4.78 is 32.3. The van der Waals surface area contributed by atoms with Gasteiger partial charge in [0.05, 0.1) is 11.2 Å². The van der Waals surface area contributed by atoms with Gasteiger partial charge in [-0.05, 0) is 73.8 Å². The van der Waals surface area contributed by atoms with Gasteiger partial charge in [0.15, 0.2) is 0 Å². The zero-order chi connectivity index (χ0) is 20.8. The first kappa shape index (κ1) is 20.2. The van der Waals surface area contributed by atoms with E-state index >= 15 is 0 Å². The molecular weight excluding hydrogens is 426 g/mol. The van der Waals surface area contributed by atoms with Crippen LogP contribution in [0.3, 0.4) is 0 Å². The van der Waals surface area contributed by atoms with Crippen molar-refractivity contribution >= 4 is 59.6 Å². The van der Waals surface area contributed by atoms with E-state index in [1.54, 1.807) is 12.1 Å². The third-order valence-electron chi connectivity index (χ3n) is 4.91. The van der Waals surface area contributed by atoms with Crippen LogP contribution in [0.1, 0.15) is 5.56 Å². The Morgan fingerprint density at radius 3 is 2.69 bits per heavy atom. The molecule has 29 heavy (non-hydrogen) atoms. The van der Waals surface area contributed by atoms with Crippen LogP contribution >= 0.6 is 22.9 Å². The molecule has 2 heterocycles. The SMILES string of the molecule is Cc1c(S(=O)(=O)Nc2ccc3ccn(CCN(C)C)c3c2)sc2ccc(Cl)cc12. The van der Waals surface area contributed by atoms with E-state index in [0.29, 0.717) is 14.9 Å². The molecule has 2 aromatic carbocycles. The molecule has 4 rings (SSSR count). The number of likely N-dealkylation sites (N-methyl/N-ethyl adjacent to an activating group) is 1. The molecule has 0 saturated carbocycles. The van der Waals surface area contributed by atoms with Crippen molar-refractivity contribution in [3.05, 3.63) is 59.2 Å². The molecule has 0 fully saturated rings. The Bertz CT molecular complexity index is 1310. The van der Waals surface area contributed by atoms with E-state index in [2.05, 4.69) is 14.2 Å². The van der Waals surface area contributed by atoms with Crippen molar-refractivity contribution in [3.8, 4) is 0 Å². The third-order valence-corrected chi connectivity index (χ3v) is 8.42. The number of anilines is 1. The van der Waals surface area contributed by atoms with Crippen LogP contribution in [0.15, 0.2) is 52.9 Å². The number of halogens is 1. The van der Waals surface area contributed by atoms with Gasteiger partial charge in [-0.2, -0.15) is 0 Å². The van der Waals surface area contributed by atoms with Crippen molar-refractivity contribution in [1.29, 1.82) is 0 Å². The lowest BCUT2D eigenvalue weighted by molar-refractivity contribution is 0.387. The van der Waals surface area contributed by atoms with Gasteiger partial charge < -0.3 is 9.47 Å². The molecule has 0 unspecified atom stereocenters. The summed E-state index contributed by atoms with van der Waals surface area (Å²) in [7, 11) is 0.366. The second kappa shape index (κ2) is 7.65. The van der Waals surface area contributed by atoms with Gasteiger partial charge in [0, 0.05) is 29.0 Å². The zero-order valence-corrected chi connectivity index (χ0v) is 18.8. The van der Waals surface area contributed by atoms with E-state index in [-0.39, 0.29) is 0 Å². The van der Waals surface area contributed by atoms with Crippen LogP contribution < -0.4 is 4.72 Å². The Hall–Kier alpha value is -2.06. The maximum Gasteiger partial charge on any atom is 0.271 e. The van der Waals surface area contributed by atoms with Crippen LogP contribution in [0.4, 0.5) is 5.69 Å². The molecule has 0 aliphatic rings. The van der Waals surface area contributed by atoms with Gasteiger partial charge in [-0.1, -0.05) is 17.7 Å². The number of aryl methyl sites for hydroxylation is 1. The van der Waals surface area contributed by atoms with Gasteiger partial charge in [0.2, 0.25) is 0 Å². The summed E-state index contributed by atoms with van der Waals surface area (Å²) >= 11 is 7.34. The number of rotatable bonds is 6. The molecular formula is C21H22ClN3O2S2. The smallest absolute Gasteiger partial charge is 0.271 e. The molecule has 4 aromatic rings. The van der Waals surface area contributed by atoms with Crippen LogP contribution in [0.25, 0.3) is 21.0 Å². The summed E-state index contributed by atoms with van der Waals surface area (Å²) in [5, 5.41) is 2.55. The van der Waals surface area contributed by atoms with Gasteiger partial charge in [-0.15, -0.1) is 11.3 Å². The minimum absolute atomic E-state index is 0.317. The first-order valence-electron chi connectivity index (χ1n) is 9.20. The Labute approximate surface area is 179 Å². The highest BCUT2D eigenvalue weighted by Gasteiger charge is 2.22. The fourth-order valence-corrected chi connectivity index (χ4v) is 6.35. The molecule has 1 N–H and O–H groups in total. The molecule has 8 heteroatoms. The molecule has 5 nitrogen and oxygen atoms in total. The lowest BCUT2D eigenvalue weighted by atomic mass is 10.2. The summed E-state index contributed by atoms with van der Waals surface area (Å²) in [5.74, 6) is 0. The molecule has 0 aliphatic carbocycles. The van der Waals surface area contributed by atoms with Crippen molar-refractivity contribution in [2.24, 2.45) is 0 Å². The van der Waals surface area contributed by atoms with E-state index in [4.69, 9.17) is 11.6 Å². The number of thiophene rings is 1. The number of hydrogen-bond acceptors (Lipinski definition) is 4. The second-order valence-corrected chi connectivity index (χ2v) is 10.7. The minimum atomic E-state index is -3.70. The molecule has 0 radical (unpaired) electrons. The highest BCUT2D eigenvalue weighted by atomic mass is 35.5. The van der Waals surface area contributed by atoms with E-state index in [0.717, 1.165) is 39.6 Å². The number of nitrogens with one attached hydrogen (secondary N) is 1. The van der Waals surface area contributed by atoms with Crippen LogP contribution in [0, 0.1) is 6.92 Å². The average molecular weight is 448 g/mol. The summed E-state index contributed by atoms with van der Waals surface area (Å²) in [4.78, 5) is 2.12. The number of nitrogens with zero attached hydrogens (tertiary/aromatic N) is 2. The Morgan fingerprint density at radius 2 is 1.93 bits per heavy atom. The number of benzene rings is 2. The Kier molecular flexibility index (Phi) is 5.33. The maximum atomic E-state index is 13.1. The van der Waals surface area contributed by atoms with E-state index in [1.165, 1.54) is 11.3 Å². The van der Waals surface area contributed by atoms with Crippen LogP contribution in [0.2, 0.25) is 5.02 Å². The van der Waals surface area contributed by atoms with E-state index in [9.17, 15) is 8.42 Å². The Morgan fingerprint density at radius 1 is 1.14 bits per heavy atom. The predicted octanol–water partition coefficient (Wildman–Crippen LogP) is 5.18. The fraction of sp³-hybridized carbons (Fsp3) is 0.238. The average Bonchev–Trinajstić information content (AvgIpc) is 3.21. The second-order valence-electron chi connectivity index (χ2n) is 7.35. The number of aromatic nitrogens is 1. The first-order chi connectivity index (χ1) is 13.7. The van der Waals surface area contributed by atoms with Crippen LogP contribution in [-0.4, -0.2) is 38.5 Å². The standard InChI is InChI=1S/C21H22ClN3O2S2/c1-14-18-12-16(22)5-7-20(18)28-21(14)29(26,27)23-17-6-4-15-8-9-25(19(15)13-17)11-10-24(2)3/h4-9,12-13,23H,10-11H2,1-3H3. The van der Waals surface area contributed by atoms with Crippen molar-refractivity contribution in [1.82, 2.24) is 9.47 Å². The first-order valence-corrected chi connectivity index (χ1v) is 11.9. The zero-order valence-electron chi connectivity index (χ0n) is 16.4. The molecule has 0 spiro atoms. The number of sulfonamides is 1. The predicted molar refractivity (Wildman–Crippen MR) is 123 cm³/mol. The largest absolute Gasteiger partial charge is 0.346 e. The molecule has 0 bridgehead atoms. The topological polar surface area (TPSA) is 54.3 Å². The van der Waals surface area contributed by atoms with E-state index < -0.39 is 10.0 Å². The number of hydrogen-bond donors (Lipinski definition) is 1. The molecule has 0 saturated heterocycles.